The predicted octanol–water partition coefficient (Wildman–Crippen LogP) is 2.15. The summed E-state index contributed by atoms with van der Waals surface area (Å²) in [5.74, 6) is 0.919. The van der Waals surface area contributed by atoms with E-state index in [0.29, 0.717) is 34.8 Å². The lowest BCUT2D eigenvalue weighted by Crippen LogP contribution is -2.33. The SMILES string of the molecule is CC(C)CN1C(=O)/C(=C\c2ccc(Cn3ccc([N+](=O)[O-])n3)o2)NC1=S. The first-order chi connectivity index (χ1) is 12.3. The molecule has 1 fully saturated rings. The standard InChI is InChI=1S/C16H17N5O4S/c1-10(2)8-20-15(22)13(17-16(20)26)7-11-3-4-12(25-11)9-19-6-5-14(18-19)21(23)24/h3-7,10H,8-9H2,1-2H3,(H,17,26)/b13-7+. The molecule has 1 amide bonds. The van der Waals surface area contributed by atoms with Crippen LogP contribution in [0.3, 0.4) is 0 Å². The molecule has 0 bridgehead atoms. The molecule has 0 aliphatic carbocycles. The van der Waals surface area contributed by atoms with Crippen molar-refractivity contribution in [1.29, 1.82) is 0 Å². The summed E-state index contributed by atoms with van der Waals surface area (Å²) in [5, 5.41) is 17.8. The highest BCUT2D eigenvalue weighted by molar-refractivity contribution is 7.80. The molecule has 0 atom stereocenters. The molecule has 2 aromatic heterocycles. The van der Waals surface area contributed by atoms with Crippen molar-refractivity contribution in [3.05, 3.63) is 51.7 Å². The molecule has 9 nitrogen and oxygen atoms in total. The molecule has 1 saturated heterocycles. The van der Waals surface area contributed by atoms with Gasteiger partial charge in [-0.2, -0.15) is 4.68 Å². The summed E-state index contributed by atoms with van der Waals surface area (Å²) >= 11 is 5.20. The maximum atomic E-state index is 12.4. The van der Waals surface area contributed by atoms with Crippen LogP contribution in [0.2, 0.25) is 0 Å². The zero-order chi connectivity index (χ0) is 18.8. The third-order valence-electron chi connectivity index (χ3n) is 3.61. The van der Waals surface area contributed by atoms with Gasteiger partial charge in [-0.05, 0) is 35.2 Å². The number of nitro groups is 1. The lowest BCUT2D eigenvalue weighted by atomic mass is 10.2. The third kappa shape index (κ3) is 3.80. The van der Waals surface area contributed by atoms with Gasteiger partial charge in [0.15, 0.2) is 5.11 Å². The van der Waals surface area contributed by atoms with Crippen molar-refractivity contribution in [1.82, 2.24) is 20.0 Å². The Morgan fingerprint density at radius 2 is 2.19 bits per heavy atom. The Labute approximate surface area is 154 Å². The van der Waals surface area contributed by atoms with Gasteiger partial charge in [0.25, 0.3) is 5.91 Å². The third-order valence-corrected chi connectivity index (χ3v) is 3.93. The van der Waals surface area contributed by atoms with Crippen LogP contribution in [-0.4, -0.2) is 37.2 Å². The van der Waals surface area contributed by atoms with Gasteiger partial charge in [-0.25, -0.2) is 0 Å². The average Bonchev–Trinajstić information content (AvgIpc) is 3.26. The monoisotopic (exact) mass is 375 g/mol. The van der Waals surface area contributed by atoms with Crippen LogP contribution in [0.4, 0.5) is 5.82 Å². The van der Waals surface area contributed by atoms with Crippen LogP contribution in [-0.2, 0) is 11.3 Å². The maximum Gasteiger partial charge on any atom is 0.389 e. The highest BCUT2D eigenvalue weighted by Crippen LogP contribution is 2.18. The smallest absolute Gasteiger partial charge is 0.389 e. The number of nitrogens with one attached hydrogen (secondary N) is 1. The van der Waals surface area contributed by atoms with Crippen molar-refractivity contribution in [2.75, 3.05) is 6.54 Å². The Balaban J connectivity index is 1.71. The average molecular weight is 375 g/mol. The number of carbonyl (C=O) groups is 1. The lowest BCUT2D eigenvalue weighted by molar-refractivity contribution is -0.389. The van der Waals surface area contributed by atoms with Crippen LogP contribution in [0.5, 0.6) is 0 Å². The number of hydrogen-bond acceptors (Lipinski definition) is 6. The molecule has 1 N–H and O–H groups in total. The molecule has 1 aliphatic heterocycles. The molecule has 1 aliphatic rings. The van der Waals surface area contributed by atoms with Gasteiger partial charge < -0.3 is 19.8 Å². The molecule has 136 valence electrons. The van der Waals surface area contributed by atoms with Crippen molar-refractivity contribution >= 4 is 35.1 Å². The van der Waals surface area contributed by atoms with E-state index in [-0.39, 0.29) is 18.3 Å². The van der Waals surface area contributed by atoms with Crippen molar-refractivity contribution < 1.29 is 14.1 Å². The minimum atomic E-state index is -0.558. The zero-order valence-electron chi connectivity index (χ0n) is 14.2. The molecule has 26 heavy (non-hydrogen) atoms. The molecule has 0 spiro atoms. The quantitative estimate of drug-likeness (QED) is 0.357. The Bertz CT molecular complexity index is 898. The van der Waals surface area contributed by atoms with Crippen molar-refractivity contribution in [2.45, 2.75) is 20.4 Å². The molecule has 0 saturated carbocycles. The van der Waals surface area contributed by atoms with E-state index in [1.165, 1.54) is 21.8 Å². The number of nitrogens with zero attached hydrogens (tertiary/aromatic N) is 4. The van der Waals surface area contributed by atoms with E-state index in [9.17, 15) is 14.9 Å². The van der Waals surface area contributed by atoms with E-state index in [4.69, 9.17) is 16.6 Å². The maximum absolute atomic E-state index is 12.4. The van der Waals surface area contributed by atoms with E-state index in [1.807, 2.05) is 13.8 Å². The van der Waals surface area contributed by atoms with E-state index in [0.717, 1.165) is 0 Å². The summed E-state index contributed by atoms with van der Waals surface area (Å²) in [6.45, 7) is 4.81. The van der Waals surface area contributed by atoms with Crippen LogP contribution >= 0.6 is 12.2 Å². The summed E-state index contributed by atoms with van der Waals surface area (Å²) in [5.41, 5.74) is 0.353. The highest BCUT2D eigenvalue weighted by Gasteiger charge is 2.31. The molecule has 2 aromatic rings. The van der Waals surface area contributed by atoms with E-state index >= 15 is 0 Å². The largest absolute Gasteiger partial charge is 0.460 e. The van der Waals surface area contributed by atoms with Gasteiger partial charge in [0.05, 0.1) is 17.4 Å². The van der Waals surface area contributed by atoms with Crippen LogP contribution in [0, 0.1) is 16.0 Å². The summed E-state index contributed by atoms with van der Waals surface area (Å²) in [4.78, 5) is 24.0. The Morgan fingerprint density at radius 3 is 2.85 bits per heavy atom. The van der Waals surface area contributed by atoms with Crippen LogP contribution in [0.25, 0.3) is 6.08 Å². The highest BCUT2D eigenvalue weighted by atomic mass is 32.1. The van der Waals surface area contributed by atoms with Crippen LogP contribution in [0.1, 0.15) is 25.4 Å². The second-order valence-electron chi connectivity index (χ2n) is 6.23. The number of carbonyl (C=O) groups excluding carboxylic acids is 1. The summed E-state index contributed by atoms with van der Waals surface area (Å²) in [6, 6.07) is 4.75. The molecular weight excluding hydrogens is 358 g/mol. The van der Waals surface area contributed by atoms with Gasteiger partial charge in [0, 0.05) is 12.6 Å². The van der Waals surface area contributed by atoms with E-state index < -0.39 is 4.92 Å². The normalized spacial score (nSPS) is 16.0. The van der Waals surface area contributed by atoms with Gasteiger partial charge in [0.2, 0.25) is 0 Å². The minimum Gasteiger partial charge on any atom is -0.460 e. The number of hydrogen-bond donors (Lipinski definition) is 1. The summed E-state index contributed by atoms with van der Waals surface area (Å²) in [6.07, 6.45) is 3.09. The first-order valence-corrected chi connectivity index (χ1v) is 8.35. The predicted molar refractivity (Wildman–Crippen MR) is 97.0 cm³/mol. The molecule has 3 rings (SSSR count). The fraction of sp³-hybridized carbons (Fsp3) is 0.312. The van der Waals surface area contributed by atoms with Crippen LogP contribution in [0.15, 0.2) is 34.5 Å². The Morgan fingerprint density at radius 1 is 1.42 bits per heavy atom. The van der Waals surface area contributed by atoms with Crippen molar-refractivity contribution in [3.8, 4) is 0 Å². The molecule has 0 unspecified atom stereocenters. The molecule has 0 radical (unpaired) electrons. The fourth-order valence-corrected chi connectivity index (χ4v) is 2.77. The molecule has 0 aromatic carbocycles. The van der Waals surface area contributed by atoms with Gasteiger partial charge in [-0.1, -0.05) is 13.8 Å². The Kier molecular flexibility index (Phi) is 4.85. The second kappa shape index (κ2) is 7.08. The minimum absolute atomic E-state index is 0.190. The topological polar surface area (TPSA) is 106 Å². The van der Waals surface area contributed by atoms with Gasteiger partial charge in [-0.3, -0.25) is 9.69 Å². The summed E-state index contributed by atoms with van der Waals surface area (Å²) < 4.78 is 7.07. The zero-order valence-corrected chi connectivity index (χ0v) is 15.0. The fourth-order valence-electron chi connectivity index (χ4n) is 2.50. The second-order valence-corrected chi connectivity index (χ2v) is 6.62. The van der Waals surface area contributed by atoms with Gasteiger partial charge in [-0.15, -0.1) is 0 Å². The van der Waals surface area contributed by atoms with E-state index in [2.05, 4.69) is 10.4 Å². The molecular formula is C16H17N5O4S. The van der Waals surface area contributed by atoms with Crippen LogP contribution < -0.4 is 5.32 Å². The van der Waals surface area contributed by atoms with E-state index in [1.54, 1.807) is 18.2 Å². The first-order valence-electron chi connectivity index (χ1n) is 7.94. The van der Waals surface area contributed by atoms with Crippen molar-refractivity contribution in [3.63, 3.8) is 0 Å². The van der Waals surface area contributed by atoms with Gasteiger partial charge >= 0.3 is 5.82 Å². The first kappa shape index (κ1) is 17.8. The molecule has 3 heterocycles. The number of amides is 1. The van der Waals surface area contributed by atoms with Crippen molar-refractivity contribution in [2.24, 2.45) is 5.92 Å². The lowest BCUT2D eigenvalue weighted by Gasteiger charge is -2.15. The number of aromatic nitrogens is 2. The number of furan rings is 1. The molecule has 10 heteroatoms. The Hall–Kier alpha value is -3.01. The number of rotatable bonds is 6. The summed E-state index contributed by atoms with van der Waals surface area (Å²) in [7, 11) is 0. The van der Waals surface area contributed by atoms with Gasteiger partial charge in [0.1, 0.15) is 23.8 Å². The number of thiocarbonyl (C=S) groups is 1.